The van der Waals surface area contributed by atoms with Gasteiger partial charge in [0, 0.05) is 18.7 Å². The van der Waals surface area contributed by atoms with Gasteiger partial charge in [-0.1, -0.05) is 6.07 Å². The van der Waals surface area contributed by atoms with Crippen LogP contribution in [0.2, 0.25) is 0 Å². The molecule has 1 unspecified atom stereocenters. The van der Waals surface area contributed by atoms with Crippen molar-refractivity contribution in [2.24, 2.45) is 0 Å². The van der Waals surface area contributed by atoms with E-state index >= 15 is 0 Å². The van der Waals surface area contributed by atoms with Gasteiger partial charge in [-0.15, -0.1) is 0 Å². The molecule has 0 aliphatic rings. The summed E-state index contributed by atoms with van der Waals surface area (Å²) < 4.78 is 38.2. The second-order valence-electron chi connectivity index (χ2n) is 5.66. The fraction of sp³-hybridized carbons (Fsp3) is 0.278. The molecule has 0 spiro atoms. The predicted molar refractivity (Wildman–Crippen MR) is 99.0 cm³/mol. The fourth-order valence-electron chi connectivity index (χ4n) is 2.41. The van der Waals surface area contributed by atoms with Crippen molar-refractivity contribution in [3.63, 3.8) is 0 Å². The van der Waals surface area contributed by atoms with E-state index in [1.807, 2.05) is 0 Å². The van der Waals surface area contributed by atoms with Crippen LogP contribution in [-0.2, 0) is 14.8 Å². The van der Waals surface area contributed by atoms with Crippen molar-refractivity contribution >= 4 is 21.6 Å². The third kappa shape index (κ3) is 4.74. The van der Waals surface area contributed by atoms with Crippen molar-refractivity contribution in [2.45, 2.75) is 24.8 Å². The van der Waals surface area contributed by atoms with Gasteiger partial charge in [0.25, 0.3) is 0 Å². The van der Waals surface area contributed by atoms with Crippen LogP contribution in [0.15, 0.2) is 47.4 Å². The van der Waals surface area contributed by atoms with Crippen LogP contribution in [0.1, 0.15) is 25.5 Å². The lowest BCUT2D eigenvalue weighted by Gasteiger charge is -2.17. The molecule has 0 aliphatic carbocycles. The van der Waals surface area contributed by atoms with Crippen LogP contribution in [-0.4, -0.2) is 28.5 Å². The molecule has 0 saturated heterocycles. The van der Waals surface area contributed by atoms with Crippen LogP contribution in [0.5, 0.6) is 11.5 Å². The summed E-state index contributed by atoms with van der Waals surface area (Å²) in [6.07, 6.45) is 0. The maximum atomic E-state index is 12.6. The second-order valence-corrected chi connectivity index (χ2v) is 7.38. The molecule has 0 bridgehead atoms. The summed E-state index contributed by atoms with van der Waals surface area (Å²) in [5.74, 6) is 0.872. The highest BCUT2D eigenvalue weighted by atomic mass is 32.2. The van der Waals surface area contributed by atoms with Gasteiger partial charge in [0.05, 0.1) is 19.1 Å². The number of benzene rings is 2. The first-order valence-corrected chi connectivity index (χ1v) is 9.37. The molecule has 0 fully saturated rings. The van der Waals surface area contributed by atoms with Crippen molar-refractivity contribution in [3.8, 4) is 11.5 Å². The van der Waals surface area contributed by atoms with E-state index < -0.39 is 16.1 Å². The highest BCUT2D eigenvalue weighted by molar-refractivity contribution is 7.89. The molecule has 0 saturated carbocycles. The lowest BCUT2D eigenvalue weighted by Crippen LogP contribution is -2.27. The third-order valence-electron chi connectivity index (χ3n) is 3.72. The van der Waals surface area contributed by atoms with Gasteiger partial charge in [0.2, 0.25) is 15.9 Å². The number of ether oxygens (including phenoxy) is 2. The highest BCUT2D eigenvalue weighted by Crippen LogP contribution is 2.30. The molecule has 7 nitrogen and oxygen atoms in total. The maximum absolute atomic E-state index is 12.6. The summed E-state index contributed by atoms with van der Waals surface area (Å²) >= 11 is 0. The largest absolute Gasteiger partial charge is 0.493 e. The molecule has 2 rings (SSSR count). The number of methoxy groups -OCH3 is 2. The smallest absolute Gasteiger partial charge is 0.241 e. The minimum Gasteiger partial charge on any atom is -0.493 e. The number of amides is 1. The van der Waals surface area contributed by atoms with Crippen molar-refractivity contribution in [3.05, 3.63) is 48.0 Å². The van der Waals surface area contributed by atoms with Crippen molar-refractivity contribution in [1.82, 2.24) is 4.72 Å². The summed E-state index contributed by atoms with van der Waals surface area (Å²) in [5, 5.41) is 2.59. The van der Waals surface area contributed by atoms with Crippen LogP contribution in [0, 0.1) is 0 Å². The lowest BCUT2D eigenvalue weighted by molar-refractivity contribution is -0.114. The second kappa shape index (κ2) is 8.20. The summed E-state index contributed by atoms with van der Waals surface area (Å²) in [4.78, 5) is 11.1. The molecule has 1 atom stereocenters. The molecule has 0 aliphatic heterocycles. The summed E-state index contributed by atoms with van der Waals surface area (Å²) in [6, 6.07) is 10.7. The molecule has 0 radical (unpaired) electrons. The third-order valence-corrected chi connectivity index (χ3v) is 5.28. The van der Waals surface area contributed by atoms with Gasteiger partial charge in [-0.05, 0) is 48.9 Å². The molecule has 0 aromatic heterocycles. The average molecular weight is 378 g/mol. The number of sulfonamides is 1. The normalized spacial score (nSPS) is 12.3. The van der Waals surface area contributed by atoms with Gasteiger partial charge in [0.15, 0.2) is 11.5 Å². The number of rotatable bonds is 7. The Bertz CT molecular complexity index is 879. The molecule has 140 valence electrons. The summed E-state index contributed by atoms with van der Waals surface area (Å²) in [7, 11) is -0.666. The fourth-order valence-corrected chi connectivity index (χ4v) is 3.64. The first-order valence-electron chi connectivity index (χ1n) is 7.88. The molecule has 2 aromatic rings. The zero-order valence-electron chi connectivity index (χ0n) is 15.1. The highest BCUT2D eigenvalue weighted by Gasteiger charge is 2.19. The van der Waals surface area contributed by atoms with Gasteiger partial charge in [-0.3, -0.25) is 4.79 Å². The van der Waals surface area contributed by atoms with Crippen molar-refractivity contribution in [2.75, 3.05) is 19.5 Å². The SMILES string of the molecule is COc1ccc(C(C)NS(=O)(=O)c2ccc(NC(C)=O)cc2)cc1OC. The van der Waals surface area contributed by atoms with E-state index in [0.717, 1.165) is 5.56 Å². The van der Waals surface area contributed by atoms with E-state index in [1.165, 1.54) is 45.4 Å². The van der Waals surface area contributed by atoms with Gasteiger partial charge in [-0.25, -0.2) is 13.1 Å². The zero-order valence-corrected chi connectivity index (χ0v) is 15.9. The monoisotopic (exact) mass is 378 g/mol. The molecular weight excluding hydrogens is 356 g/mol. The Hall–Kier alpha value is -2.58. The number of hydrogen-bond donors (Lipinski definition) is 2. The molecule has 8 heteroatoms. The molecule has 26 heavy (non-hydrogen) atoms. The Labute approximate surface area is 153 Å². The molecule has 0 heterocycles. The number of carbonyl (C=O) groups is 1. The summed E-state index contributed by atoms with van der Waals surface area (Å²) in [6.45, 7) is 3.13. The number of hydrogen-bond acceptors (Lipinski definition) is 5. The van der Waals surface area contributed by atoms with Gasteiger partial charge in [-0.2, -0.15) is 0 Å². The molecular formula is C18H22N2O5S. The number of anilines is 1. The minimum absolute atomic E-state index is 0.110. The van der Waals surface area contributed by atoms with Crippen LogP contribution in [0.25, 0.3) is 0 Å². The first-order chi connectivity index (χ1) is 12.3. The Morgan fingerprint density at radius 2 is 1.62 bits per heavy atom. The van der Waals surface area contributed by atoms with Crippen LogP contribution in [0.4, 0.5) is 5.69 Å². The van der Waals surface area contributed by atoms with Crippen LogP contribution in [0.3, 0.4) is 0 Å². The standard InChI is InChI=1S/C18H22N2O5S/c1-12(14-5-10-17(24-3)18(11-14)25-4)20-26(22,23)16-8-6-15(7-9-16)19-13(2)21/h5-12,20H,1-4H3,(H,19,21). The Balaban J connectivity index is 2.19. The summed E-state index contributed by atoms with van der Waals surface area (Å²) in [5.41, 5.74) is 1.27. The van der Waals surface area contributed by atoms with Gasteiger partial charge >= 0.3 is 0 Å². The quantitative estimate of drug-likeness (QED) is 0.773. The van der Waals surface area contributed by atoms with E-state index in [4.69, 9.17) is 9.47 Å². The molecule has 2 aromatic carbocycles. The van der Waals surface area contributed by atoms with E-state index in [9.17, 15) is 13.2 Å². The Morgan fingerprint density at radius 1 is 1.00 bits per heavy atom. The van der Waals surface area contributed by atoms with E-state index in [0.29, 0.717) is 17.2 Å². The topological polar surface area (TPSA) is 93.7 Å². The maximum Gasteiger partial charge on any atom is 0.241 e. The molecule has 2 N–H and O–H groups in total. The lowest BCUT2D eigenvalue weighted by atomic mass is 10.1. The Kier molecular flexibility index (Phi) is 6.23. The Morgan fingerprint density at radius 3 is 2.15 bits per heavy atom. The minimum atomic E-state index is -3.72. The van der Waals surface area contributed by atoms with Gasteiger partial charge < -0.3 is 14.8 Å². The van der Waals surface area contributed by atoms with E-state index in [-0.39, 0.29) is 10.8 Å². The van der Waals surface area contributed by atoms with Gasteiger partial charge in [0.1, 0.15) is 0 Å². The van der Waals surface area contributed by atoms with Crippen molar-refractivity contribution in [1.29, 1.82) is 0 Å². The van der Waals surface area contributed by atoms with Crippen molar-refractivity contribution < 1.29 is 22.7 Å². The van der Waals surface area contributed by atoms with Crippen LogP contribution < -0.4 is 19.5 Å². The van der Waals surface area contributed by atoms with Crippen LogP contribution >= 0.6 is 0 Å². The first kappa shape index (κ1) is 19.7. The average Bonchev–Trinajstić information content (AvgIpc) is 2.60. The predicted octanol–water partition coefficient (Wildman–Crippen LogP) is 2.70. The number of carbonyl (C=O) groups excluding carboxylic acids is 1. The zero-order chi connectivity index (χ0) is 19.3. The molecule has 1 amide bonds. The van der Waals surface area contributed by atoms with E-state index in [2.05, 4.69) is 10.0 Å². The van der Waals surface area contributed by atoms with E-state index in [1.54, 1.807) is 25.1 Å². The number of nitrogens with one attached hydrogen (secondary N) is 2.